The third kappa shape index (κ3) is 3.86. The topological polar surface area (TPSA) is 35.6 Å². The Morgan fingerprint density at radius 1 is 0.964 bits per heavy atom. The highest BCUT2D eigenvalue weighted by atomic mass is 16.2. The summed E-state index contributed by atoms with van der Waals surface area (Å²) in [6.07, 6.45) is 5.63. The van der Waals surface area contributed by atoms with Crippen LogP contribution in [0, 0.1) is 16.7 Å². The van der Waals surface area contributed by atoms with Gasteiger partial charge in [-0.3, -0.25) is 10.2 Å². The Morgan fingerprint density at radius 2 is 1.64 bits per heavy atom. The van der Waals surface area contributed by atoms with E-state index in [1.54, 1.807) is 0 Å². The number of hydrogen-bond acceptors (Lipinski definition) is 3. The summed E-state index contributed by atoms with van der Waals surface area (Å²) in [6, 6.07) is 11.0. The fraction of sp³-hybridized carbons (Fsp3) is 0.708. The lowest BCUT2D eigenvalue weighted by atomic mass is 9.47. The molecule has 4 rings (SSSR count). The van der Waals surface area contributed by atoms with E-state index in [-0.39, 0.29) is 16.7 Å². The van der Waals surface area contributed by atoms with Gasteiger partial charge in [-0.15, -0.1) is 0 Å². The molecule has 0 spiro atoms. The van der Waals surface area contributed by atoms with Gasteiger partial charge in [0.1, 0.15) is 0 Å². The van der Waals surface area contributed by atoms with Crippen molar-refractivity contribution in [1.82, 2.24) is 15.3 Å². The zero-order valence-corrected chi connectivity index (χ0v) is 18.1. The molecule has 1 N–H and O–H groups in total. The normalized spacial score (nSPS) is 36.1. The molecule has 2 saturated carbocycles. The number of hydrogen-bond donors (Lipinski definition) is 1. The van der Waals surface area contributed by atoms with Crippen molar-refractivity contribution in [3.8, 4) is 0 Å². The Morgan fingerprint density at radius 3 is 2.32 bits per heavy atom. The van der Waals surface area contributed by atoms with Crippen LogP contribution >= 0.6 is 0 Å². The second-order valence-electron chi connectivity index (χ2n) is 10.9. The summed E-state index contributed by atoms with van der Waals surface area (Å²) in [4.78, 5) is 15.8. The molecule has 2 bridgehead atoms. The average Bonchev–Trinajstić information content (AvgIpc) is 2.62. The van der Waals surface area contributed by atoms with E-state index in [4.69, 9.17) is 0 Å². The van der Waals surface area contributed by atoms with Crippen LogP contribution in [-0.4, -0.2) is 49.0 Å². The Kier molecular flexibility index (Phi) is 5.08. The minimum atomic E-state index is -0.293. The van der Waals surface area contributed by atoms with Crippen LogP contribution in [0.4, 0.5) is 0 Å². The van der Waals surface area contributed by atoms with Gasteiger partial charge in [-0.1, -0.05) is 51.1 Å². The fourth-order valence-electron chi connectivity index (χ4n) is 6.69. The number of piperazine rings is 1. The molecule has 1 heterocycles. The Bertz CT molecular complexity index is 710. The maximum Gasteiger partial charge on any atom is 0.240 e. The van der Waals surface area contributed by atoms with Crippen LogP contribution < -0.4 is 5.43 Å². The van der Waals surface area contributed by atoms with Gasteiger partial charge < -0.3 is 4.90 Å². The maximum absolute atomic E-state index is 13.5. The summed E-state index contributed by atoms with van der Waals surface area (Å²) in [5.41, 5.74) is 4.91. The largest absolute Gasteiger partial charge is 0.304 e. The summed E-state index contributed by atoms with van der Waals surface area (Å²) in [6.45, 7) is 10.9. The van der Waals surface area contributed by atoms with Crippen molar-refractivity contribution in [2.45, 2.75) is 58.3 Å². The van der Waals surface area contributed by atoms with Gasteiger partial charge in [-0.05, 0) is 61.5 Å². The lowest BCUT2D eigenvalue weighted by Crippen LogP contribution is -2.58. The molecule has 0 aromatic heterocycles. The molecule has 154 valence electrons. The van der Waals surface area contributed by atoms with E-state index in [0.717, 1.165) is 39.0 Å². The smallest absolute Gasteiger partial charge is 0.240 e. The predicted octanol–water partition coefficient (Wildman–Crippen LogP) is 3.83. The van der Waals surface area contributed by atoms with Crippen LogP contribution in [0.3, 0.4) is 0 Å². The number of amides is 1. The first-order valence-electron chi connectivity index (χ1n) is 11.0. The molecule has 2 aliphatic carbocycles. The van der Waals surface area contributed by atoms with Gasteiger partial charge in [0.05, 0.1) is 0 Å². The van der Waals surface area contributed by atoms with Crippen molar-refractivity contribution in [3.63, 3.8) is 0 Å². The van der Waals surface area contributed by atoms with Gasteiger partial charge in [0.2, 0.25) is 5.91 Å². The zero-order valence-electron chi connectivity index (χ0n) is 18.1. The second-order valence-corrected chi connectivity index (χ2v) is 10.9. The van der Waals surface area contributed by atoms with E-state index in [9.17, 15) is 4.79 Å². The summed E-state index contributed by atoms with van der Waals surface area (Å²) in [5, 5.41) is 2.14. The highest BCUT2D eigenvalue weighted by Gasteiger charge is 2.55. The van der Waals surface area contributed by atoms with Crippen LogP contribution in [-0.2, 0) is 10.2 Å². The number of likely N-dealkylation sites (N-methyl/N-ethyl adjacent to an activating group) is 1. The lowest BCUT2D eigenvalue weighted by Gasteiger charge is -2.57. The molecular weight excluding hydrogens is 346 g/mol. The summed E-state index contributed by atoms with van der Waals surface area (Å²) in [7, 11) is 2.15. The van der Waals surface area contributed by atoms with Crippen molar-refractivity contribution in [1.29, 1.82) is 0 Å². The van der Waals surface area contributed by atoms with Gasteiger partial charge in [-0.2, -0.15) is 0 Å². The number of benzene rings is 1. The van der Waals surface area contributed by atoms with Gasteiger partial charge in [0, 0.05) is 31.6 Å². The Labute approximate surface area is 170 Å². The molecule has 1 aliphatic heterocycles. The molecule has 4 nitrogen and oxygen atoms in total. The second kappa shape index (κ2) is 7.14. The number of rotatable bonds is 3. The van der Waals surface area contributed by atoms with Crippen LogP contribution in [0.25, 0.3) is 0 Å². The number of fused-ring (bicyclic) bond motifs is 2. The number of carbonyl (C=O) groups excluding carboxylic acids is 1. The predicted molar refractivity (Wildman–Crippen MR) is 114 cm³/mol. The molecule has 1 aromatic carbocycles. The first-order valence-corrected chi connectivity index (χ1v) is 11.0. The van der Waals surface area contributed by atoms with E-state index in [0.29, 0.717) is 11.3 Å². The van der Waals surface area contributed by atoms with Crippen LogP contribution in [0.5, 0.6) is 0 Å². The summed E-state index contributed by atoms with van der Waals surface area (Å²) in [5.74, 6) is 0.864. The third-order valence-electron chi connectivity index (χ3n) is 7.50. The molecule has 3 fully saturated rings. The molecule has 1 aromatic rings. The molecule has 3 atom stereocenters. The molecule has 4 heteroatoms. The Hall–Kier alpha value is -1.39. The van der Waals surface area contributed by atoms with Crippen molar-refractivity contribution in [2.75, 3.05) is 33.2 Å². The number of hydrazine groups is 1. The first-order chi connectivity index (χ1) is 13.2. The van der Waals surface area contributed by atoms with Crippen molar-refractivity contribution >= 4 is 5.91 Å². The maximum atomic E-state index is 13.5. The van der Waals surface area contributed by atoms with E-state index < -0.39 is 0 Å². The van der Waals surface area contributed by atoms with Crippen molar-refractivity contribution in [2.24, 2.45) is 16.7 Å². The summed E-state index contributed by atoms with van der Waals surface area (Å²) < 4.78 is 0. The quantitative estimate of drug-likeness (QED) is 0.862. The average molecular weight is 384 g/mol. The van der Waals surface area contributed by atoms with E-state index >= 15 is 0 Å². The van der Waals surface area contributed by atoms with E-state index in [1.165, 1.54) is 24.8 Å². The summed E-state index contributed by atoms with van der Waals surface area (Å²) >= 11 is 0. The minimum Gasteiger partial charge on any atom is -0.304 e. The number of nitrogens with zero attached hydrogens (tertiary/aromatic N) is 2. The minimum absolute atomic E-state index is 0.125. The van der Waals surface area contributed by atoms with Crippen molar-refractivity contribution in [3.05, 3.63) is 35.9 Å². The highest BCUT2D eigenvalue weighted by molar-refractivity contribution is 5.82. The SMILES string of the molecule is CN1CCN(NC(=O)C2(C)CC3CC(C)(C)CC(c4ccccc4)(C3)C2)CC1. The first kappa shape index (κ1) is 19.9. The zero-order chi connectivity index (χ0) is 20.0. The molecule has 0 radical (unpaired) electrons. The van der Waals surface area contributed by atoms with Gasteiger partial charge in [-0.25, -0.2) is 5.01 Å². The molecule has 1 saturated heterocycles. The van der Waals surface area contributed by atoms with E-state index in [2.05, 4.69) is 73.5 Å². The van der Waals surface area contributed by atoms with Crippen LogP contribution in [0.1, 0.15) is 58.4 Å². The number of nitrogens with one attached hydrogen (secondary N) is 1. The van der Waals surface area contributed by atoms with Gasteiger partial charge >= 0.3 is 0 Å². The van der Waals surface area contributed by atoms with Gasteiger partial charge in [0.25, 0.3) is 0 Å². The fourth-order valence-corrected chi connectivity index (χ4v) is 6.69. The highest BCUT2D eigenvalue weighted by Crippen LogP contribution is 2.61. The lowest BCUT2D eigenvalue weighted by molar-refractivity contribution is -0.143. The standard InChI is InChI=1S/C24H37N3O/c1-22(2)14-19-15-23(3,21(28)25-27-12-10-26(4)11-13-27)18-24(16-19,17-22)20-8-6-5-7-9-20/h5-9,19H,10-18H2,1-4H3,(H,25,28). The van der Waals surface area contributed by atoms with Crippen LogP contribution in [0.2, 0.25) is 0 Å². The van der Waals surface area contributed by atoms with Crippen LogP contribution in [0.15, 0.2) is 30.3 Å². The molecule has 3 aliphatic rings. The molecule has 28 heavy (non-hydrogen) atoms. The molecule has 3 unspecified atom stereocenters. The third-order valence-corrected chi connectivity index (χ3v) is 7.50. The van der Waals surface area contributed by atoms with Crippen molar-refractivity contribution < 1.29 is 4.79 Å². The van der Waals surface area contributed by atoms with E-state index in [1.807, 2.05) is 0 Å². The monoisotopic (exact) mass is 383 g/mol. The molecular formula is C24H37N3O. The Balaban J connectivity index is 1.58. The van der Waals surface area contributed by atoms with Gasteiger partial charge in [0.15, 0.2) is 0 Å². The molecule has 1 amide bonds. The number of carbonyl (C=O) groups is 1.